The van der Waals surface area contributed by atoms with Gasteiger partial charge < -0.3 is 9.80 Å². The first-order valence-electron chi connectivity index (χ1n) is 8.57. The molecule has 0 radical (unpaired) electrons. The third-order valence-corrected chi connectivity index (χ3v) is 5.75. The zero-order valence-corrected chi connectivity index (χ0v) is 15.0. The minimum absolute atomic E-state index is 0.105. The molecule has 1 amide bonds. The number of fused-ring (bicyclic) bond motifs is 4. The number of hydrogen-bond donors (Lipinski definition) is 0. The van der Waals surface area contributed by atoms with Gasteiger partial charge in [-0.1, -0.05) is 0 Å². The van der Waals surface area contributed by atoms with Gasteiger partial charge in [-0.3, -0.25) is 9.78 Å². The lowest BCUT2D eigenvalue weighted by Gasteiger charge is -2.36. The van der Waals surface area contributed by atoms with Crippen molar-refractivity contribution in [2.75, 3.05) is 30.8 Å². The summed E-state index contributed by atoms with van der Waals surface area (Å²) < 4.78 is 0. The standard InChI is InChI=1S/C18H21N5OS/c1-25-17-15(3-2-6-21-17)18(24)23-11-13-4-5-14(23)12-22(10-13)16-9-19-7-8-20-16/h2-3,6-9,13-14H,4-5,10-12H2,1H3/t13-,14+/m0/s1. The number of rotatable bonds is 3. The maximum absolute atomic E-state index is 13.2. The molecule has 0 saturated carbocycles. The van der Waals surface area contributed by atoms with E-state index in [9.17, 15) is 4.79 Å². The lowest BCUT2D eigenvalue weighted by molar-refractivity contribution is 0.0587. The molecule has 0 aromatic carbocycles. The lowest BCUT2D eigenvalue weighted by atomic mass is 9.94. The van der Waals surface area contributed by atoms with Gasteiger partial charge in [-0.05, 0) is 37.1 Å². The summed E-state index contributed by atoms with van der Waals surface area (Å²) in [6.45, 7) is 2.56. The first-order chi connectivity index (χ1) is 12.3. The minimum atomic E-state index is 0.105. The second-order valence-corrected chi connectivity index (χ2v) is 7.38. The summed E-state index contributed by atoms with van der Waals surface area (Å²) in [5.74, 6) is 1.48. The minimum Gasteiger partial charge on any atom is -0.353 e. The highest BCUT2D eigenvalue weighted by Gasteiger charge is 2.38. The Morgan fingerprint density at radius 2 is 2.08 bits per heavy atom. The molecular formula is C18H21N5OS. The number of aromatic nitrogens is 3. The van der Waals surface area contributed by atoms with Gasteiger partial charge in [0.05, 0.1) is 11.8 Å². The van der Waals surface area contributed by atoms with Crippen molar-refractivity contribution in [2.45, 2.75) is 23.9 Å². The van der Waals surface area contributed by atoms with Gasteiger partial charge >= 0.3 is 0 Å². The molecule has 25 heavy (non-hydrogen) atoms. The van der Waals surface area contributed by atoms with Gasteiger partial charge in [-0.2, -0.15) is 0 Å². The van der Waals surface area contributed by atoms with Gasteiger partial charge in [0, 0.05) is 44.3 Å². The monoisotopic (exact) mass is 355 g/mol. The summed E-state index contributed by atoms with van der Waals surface area (Å²) in [5.41, 5.74) is 0.716. The molecule has 7 heteroatoms. The van der Waals surface area contributed by atoms with E-state index in [-0.39, 0.29) is 11.9 Å². The summed E-state index contributed by atoms with van der Waals surface area (Å²) in [7, 11) is 0. The molecule has 0 N–H and O–H groups in total. The molecule has 0 aliphatic carbocycles. The molecule has 130 valence electrons. The molecule has 2 aromatic heterocycles. The van der Waals surface area contributed by atoms with Crippen molar-refractivity contribution >= 4 is 23.5 Å². The number of nitrogens with zero attached hydrogens (tertiary/aromatic N) is 5. The molecule has 2 atom stereocenters. The number of anilines is 1. The first kappa shape index (κ1) is 16.3. The molecule has 0 spiro atoms. The van der Waals surface area contributed by atoms with Crippen molar-refractivity contribution in [3.8, 4) is 0 Å². The van der Waals surface area contributed by atoms with Gasteiger partial charge in [-0.15, -0.1) is 11.8 Å². The molecule has 2 bridgehead atoms. The average molecular weight is 355 g/mol. The first-order valence-corrected chi connectivity index (χ1v) is 9.79. The Morgan fingerprint density at radius 3 is 2.88 bits per heavy atom. The lowest BCUT2D eigenvalue weighted by Crippen LogP contribution is -2.47. The van der Waals surface area contributed by atoms with Crippen molar-refractivity contribution in [1.82, 2.24) is 19.9 Å². The molecule has 0 unspecified atom stereocenters. The number of pyridine rings is 1. The highest BCUT2D eigenvalue weighted by atomic mass is 32.2. The molecule has 5 heterocycles. The fraction of sp³-hybridized carbons (Fsp3) is 0.444. The molecule has 3 aliphatic rings. The summed E-state index contributed by atoms with van der Waals surface area (Å²) in [6.07, 6.45) is 11.1. The summed E-state index contributed by atoms with van der Waals surface area (Å²) in [4.78, 5) is 30.5. The van der Waals surface area contributed by atoms with Crippen molar-refractivity contribution < 1.29 is 4.79 Å². The van der Waals surface area contributed by atoms with Gasteiger partial charge in [0.2, 0.25) is 0 Å². The van der Waals surface area contributed by atoms with E-state index in [2.05, 4.69) is 24.8 Å². The maximum Gasteiger partial charge on any atom is 0.256 e. The molecular weight excluding hydrogens is 334 g/mol. The Hall–Kier alpha value is -2.15. The van der Waals surface area contributed by atoms with E-state index in [0.29, 0.717) is 11.5 Å². The summed E-state index contributed by atoms with van der Waals surface area (Å²) in [6, 6.07) is 3.94. The van der Waals surface area contributed by atoms with Gasteiger partial charge in [0.15, 0.2) is 0 Å². The van der Waals surface area contributed by atoms with E-state index >= 15 is 0 Å². The zero-order valence-electron chi connectivity index (χ0n) is 14.2. The van der Waals surface area contributed by atoms with Gasteiger partial charge in [0.1, 0.15) is 10.8 Å². The van der Waals surface area contributed by atoms with E-state index in [4.69, 9.17) is 0 Å². The molecule has 2 aromatic rings. The summed E-state index contributed by atoms with van der Waals surface area (Å²) >= 11 is 1.52. The van der Waals surface area contributed by atoms with E-state index in [0.717, 1.165) is 43.3 Å². The van der Waals surface area contributed by atoms with Crippen LogP contribution in [0.1, 0.15) is 23.2 Å². The molecule has 5 rings (SSSR count). The number of carbonyl (C=O) groups excluding carboxylic acids is 1. The maximum atomic E-state index is 13.2. The van der Waals surface area contributed by atoms with Crippen LogP contribution in [0.5, 0.6) is 0 Å². The van der Waals surface area contributed by atoms with Crippen LogP contribution in [0.2, 0.25) is 0 Å². The number of hydrogen-bond acceptors (Lipinski definition) is 6. The Morgan fingerprint density at radius 1 is 1.16 bits per heavy atom. The predicted molar refractivity (Wildman–Crippen MR) is 97.8 cm³/mol. The van der Waals surface area contributed by atoms with Crippen LogP contribution in [0.25, 0.3) is 0 Å². The third-order valence-electron chi connectivity index (χ3n) is 5.04. The second kappa shape index (κ2) is 7.00. The topological polar surface area (TPSA) is 62.2 Å². The van der Waals surface area contributed by atoms with Gasteiger partial charge in [0.25, 0.3) is 5.91 Å². The number of thioether (sulfide) groups is 1. The number of amides is 1. The van der Waals surface area contributed by atoms with E-state index in [1.54, 1.807) is 18.6 Å². The Balaban J connectivity index is 1.59. The highest BCUT2D eigenvalue weighted by Crippen LogP contribution is 2.31. The van der Waals surface area contributed by atoms with Gasteiger partial charge in [-0.25, -0.2) is 9.97 Å². The third kappa shape index (κ3) is 3.20. The van der Waals surface area contributed by atoms with Crippen molar-refractivity contribution in [3.05, 3.63) is 42.5 Å². The summed E-state index contributed by atoms with van der Waals surface area (Å²) in [5, 5.41) is 0.804. The van der Waals surface area contributed by atoms with Crippen LogP contribution in [-0.2, 0) is 0 Å². The largest absolute Gasteiger partial charge is 0.353 e. The van der Waals surface area contributed by atoms with E-state index < -0.39 is 0 Å². The fourth-order valence-electron chi connectivity index (χ4n) is 3.84. The smallest absolute Gasteiger partial charge is 0.256 e. The Labute approximate surface area is 151 Å². The molecule has 3 aliphatic heterocycles. The van der Waals surface area contributed by atoms with Crippen LogP contribution in [0.3, 0.4) is 0 Å². The van der Waals surface area contributed by atoms with Crippen LogP contribution in [0.4, 0.5) is 5.82 Å². The normalized spacial score (nSPS) is 22.8. The van der Waals surface area contributed by atoms with Crippen LogP contribution < -0.4 is 4.90 Å². The van der Waals surface area contributed by atoms with Crippen molar-refractivity contribution in [1.29, 1.82) is 0 Å². The van der Waals surface area contributed by atoms with Crippen molar-refractivity contribution in [2.24, 2.45) is 5.92 Å². The van der Waals surface area contributed by atoms with E-state index in [1.807, 2.05) is 24.6 Å². The molecule has 3 saturated heterocycles. The predicted octanol–water partition coefficient (Wildman–Crippen LogP) is 2.33. The van der Waals surface area contributed by atoms with E-state index in [1.165, 1.54) is 11.8 Å². The number of carbonyl (C=O) groups is 1. The van der Waals surface area contributed by atoms with Crippen molar-refractivity contribution in [3.63, 3.8) is 0 Å². The average Bonchev–Trinajstić information content (AvgIpc) is 3.00. The molecule has 6 nitrogen and oxygen atoms in total. The SMILES string of the molecule is CSc1ncccc1C(=O)N1C[C@H]2CC[C@@H]1CN(c1cnccn1)C2. The van der Waals surface area contributed by atoms with Crippen LogP contribution in [0, 0.1) is 5.92 Å². The van der Waals surface area contributed by atoms with Crippen LogP contribution >= 0.6 is 11.8 Å². The fourth-order valence-corrected chi connectivity index (χ4v) is 4.38. The quantitative estimate of drug-likeness (QED) is 0.788. The van der Waals surface area contributed by atoms with Crippen LogP contribution in [-0.4, -0.2) is 57.7 Å². The van der Waals surface area contributed by atoms with Crippen LogP contribution in [0.15, 0.2) is 41.9 Å². The molecule has 3 fully saturated rings. The number of piperidine rings is 1. The Bertz CT molecular complexity index is 756. The highest BCUT2D eigenvalue weighted by molar-refractivity contribution is 7.98. The second-order valence-electron chi connectivity index (χ2n) is 6.58. The zero-order chi connectivity index (χ0) is 17.2. The Kier molecular flexibility index (Phi) is 4.57.